The molecule has 6 nitrogen and oxygen atoms in total. The van der Waals surface area contributed by atoms with Gasteiger partial charge in [-0.25, -0.2) is 4.79 Å². The van der Waals surface area contributed by atoms with Gasteiger partial charge in [0.25, 0.3) is 0 Å². The van der Waals surface area contributed by atoms with Crippen LogP contribution < -0.4 is 4.74 Å². The normalized spacial score (nSPS) is 19.1. The van der Waals surface area contributed by atoms with Crippen molar-refractivity contribution in [3.63, 3.8) is 0 Å². The van der Waals surface area contributed by atoms with Gasteiger partial charge in [-0.1, -0.05) is 18.2 Å². The number of hydrogen-bond acceptors (Lipinski definition) is 6. The first-order chi connectivity index (χ1) is 13.3. The van der Waals surface area contributed by atoms with E-state index in [4.69, 9.17) is 14.2 Å². The quantitative estimate of drug-likeness (QED) is 0.666. The molecule has 0 radical (unpaired) electrons. The van der Waals surface area contributed by atoms with Gasteiger partial charge in [-0.15, -0.1) is 0 Å². The number of aliphatic imine (C=N–C) groups is 1. The Morgan fingerprint density at radius 2 is 1.61 bits per heavy atom. The Morgan fingerprint density at radius 3 is 2.18 bits per heavy atom. The number of esters is 2. The van der Waals surface area contributed by atoms with E-state index in [1.165, 1.54) is 0 Å². The van der Waals surface area contributed by atoms with Crippen molar-refractivity contribution in [3.8, 4) is 5.75 Å². The van der Waals surface area contributed by atoms with Gasteiger partial charge >= 0.3 is 11.9 Å². The maximum atomic E-state index is 12.7. The van der Waals surface area contributed by atoms with E-state index in [1.807, 2.05) is 32.0 Å². The van der Waals surface area contributed by atoms with Gasteiger partial charge < -0.3 is 14.2 Å². The summed E-state index contributed by atoms with van der Waals surface area (Å²) >= 11 is 0. The van der Waals surface area contributed by atoms with Crippen LogP contribution in [0.3, 0.4) is 0 Å². The van der Waals surface area contributed by atoms with Crippen molar-refractivity contribution < 1.29 is 23.8 Å². The Hall–Kier alpha value is -2.63. The summed E-state index contributed by atoms with van der Waals surface area (Å²) in [6.45, 7) is 11.6. The summed E-state index contributed by atoms with van der Waals surface area (Å²) < 4.78 is 16.6. The number of carbonyl (C=O) groups excluding carboxylic acids is 2. The van der Waals surface area contributed by atoms with Crippen LogP contribution in [0.5, 0.6) is 5.75 Å². The minimum Gasteiger partial charge on any atom is -0.492 e. The van der Waals surface area contributed by atoms with Gasteiger partial charge in [0.1, 0.15) is 11.7 Å². The summed E-state index contributed by atoms with van der Waals surface area (Å²) in [6.07, 6.45) is 0. The monoisotopic (exact) mass is 387 g/mol. The van der Waals surface area contributed by atoms with Crippen molar-refractivity contribution in [2.24, 2.45) is 16.8 Å². The van der Waals surface area contributed by atoms with Crippen molar-refractivity contribution in [3.05, 3.63) is 40.6 Å². The molecule has 2 unspecified atom stereocenters. The first-order valence-corrected chi connectivity index (χ1v) is 9.60. The minimum atomic E-state index is -0.688. The molecule has 28 heavy (non-hydrogen) atoms. The maximum absolute atomic E-state index is 12.7. The fourth-order valence-electron chi connectivity index (χ4n) is 3.57. The number of rotatable bonds is 7. The molecule has 0 amide bonds. The Balaban J connectivity index is 2.42. The summed E-state index contributed by atoms with van der Waals surface area (Å²) in [6, 6.07) is 5.89. The van der Waals surface area contributed by atoms with Gasteiger partial charge in [0, 0.05) is 17.3 Å². The SMILES string of the molecule is CCOC(=O)C1=C(C)N=C(C)C(C(=O)OCC)C1COc1c(C)cccc1C. The van der Waals surface area contributed by atoms with Gasteiger partial charge in [0.2, 0.25) is 0 Å². The smallest absolute Gasteiger partial charge is 0.336 e. The molecule has 6 heteroatoms. The number of carbonyl (C=O) groups is 2. The molecule has 2 rings (SSSR count). The predicted molar refractivity (Wildman–Crippen MR) is 107 cm³/mol. The van der Waals surface area contributed by atoms with Gasteiger partial charge in [0.15, 0.2) is 0 Å². The second-order valence-electron chi connectivity index (χ2n) is 6.84. The third-order valence-corrected chi connectivity index (χ3v) is 4.81. The fourth-order valence-corrected chi connectivity index (χ4v) is 3.57. The van der Waals surface area contributed by atoms with E-state index in [0.29, 0.717) is 17.0 Å². The molecule has 0 saturated heterocycles. The lowest BCUT2D eigenvalue weighted by Gasteiger charge is -2.31. The van der Waals surface area contributed by atoms with Gasteiger partial charge in [0.05, 0.1) is 25.4 Å². The molecule has 0 aromatic heterocycles. The second-order valence-corrected chi connectivity index (χ2v) is 6.84. The van der Waals surface area contributed by atoms with Gasteiger partial charge in [-0.3, -0.25) is 9.79 Å². The van der Waals surface area contributed by atoms with Crippen LogP contribution in [-0.2, 0) is 19.1 Å². The van der Waals surface area contributed by atoms with Gasteiger partial charge in [-0.2, -0.15) is 0 Å². The lowest BCUT2D eigenvalue weighted by Crippen LogP contribution is -2.40. The van der Waals surface area contributed by atoms with Crippen LogP contribution in [0.4, 0.5) is 0 Å². The molecule has 1 heterocycles. The van der Waals surface area contributed by atoms with Crippen LogP contribution in [0, 0.1) is 25.7 Å². The lowest BCUT2D eigenvalue weighted by atomic mass is 9.80. The van der Waals surface area contributed by atoms with E-state index in [9.17, 15) is 9.59 Å². The highest BCUT2D eigenvalue weighted by Gasteiger charge is 2.42. The van der Waals surface area contributed by atoms with E-state index < -0.39 is 23.8 Å². The molecule has 0 aliphatic carbocycles. The molecule has 1 aromatic carbocycles. The molecule has 152 valence electrons. The molecular formula is C22H29NO5. The van der Waals surface area contributed by atoms with Crippen LogP contribution in [0.1, 0.15) is 38.8 Å². The van der Waals surface area contributed by atoms with Crippen LogP contribution in [0.2, 0.25) is 0 Å². The summed E-state index contributed by atoms with van der Waals surface area (Å²) in [5, 5.41) is 0. The maximum Gasteiger partial charge on any atom is 0.336 e. The third kappa shape index (κ3) is 4.61. The van der Waals surface area contributed by atoms with E-state index >= 15 is 0 Å². The van der Waals surface area contributed by atoms with Crippen LogP contribution in [-0.4, -0.2) is 37.5 Å². The van der Waals surface area contributed by atoms with Crippen molar-refractivity contribution in [2.45, 2.75) is 41.5 Å². The second kappa shape index (κ2) is 9.53. The van der Waals surface area contributed by atoms with Crippen LogP contribution in [0.25, 0.3) is 0 Å². The largest absolute Gasteiger partial charge is 0.492 e. The summed E-state index contributed by atoms with van der Waals surface area (Å²) in [5.74, 6) is -1.35. The molecule has 1 aliphatic rings. The number of benzene rings is 1. The fraction of sp³-hybridized carbons (Fsp3) is 0.500. The Bertz CT molecular complexity index is 789. The average Bonchev–Trinajstić information content (AvgIpc) is 2.61. The molecule has 1 aromatic rings. The predicted octanol–water partition coefficient (Wildman–Crippen LogP) is 3.79. The molecule has 0 bridgehead atoms. The Morgan fingerprint density at radius 1 is 1.00 bits per heavy atom. The van der Waals surface area contributed by atoms with Crippen molar-refractivity contribution in [2.75, 3.05) is 19.8 Å². The molecular weight excluding hydrogens is 358 g/mol. The van der Waals surface area contributed by atoms with Crippen molar-refractivity contribution >= 4 is 17.7 Å². The van der Waals surface area contributed by atoms with Crippen molar-refractivity contribution in [1.82, 2.24) is 0 Å². The van der Waals surface area contributed by atoms with Crippen LogP contribution >= 0.6 is 0 Å². The first-order valence-electron chi connectivity index (χ1n) is 9.60. The molecule has 0 spiro atoms. The molecule has 0 saturated carbocycles. The molecule has 1 aliphatic heterocycles. The highest BCUT2D eigenvalue weighted by molar-refractivity contribution is 6.05. The van der Waals surface area contributed by atoms with Crippen molar-refractivity contribution in [1.29, 1.82) is 0 Å². The van der Waals surface area contributed by atoms with E-state index in [1.54, 1.807) is 27.7 Å². The zero-order valence-corrected chi connectivity index (χ0v) is 17.5. The molecule has 0 N–H and O–H groups in total. The lowest BCUT2D eigenvalue weighted by molar-refractivity contribution is -0.147. The Kier molecular flexibility index (Phi) is 7.38. The number of allylic oxidation sites excluding steroid dienone is 1. The Labute approximate surface area is 166 Å². The third-order valence-electron chi connectivity index (χ3n) is 4.81. The summed E-state index contributed by atoms with van der Waals surface area (Å²) in [4.78, 5) is 29.7. The number of nitrogens with zero attached hydrogens (tertiary/aromatic N) is 1. The van der Waals surface area contributed by atoms with Crippen LogP contribution in [0.15, 0.2) is 34.5 Å². The summed E-state index contributed by atoms with van der Waals surface area (Å²) in [5.41, 5.74) is 3.52. The molecule has 2 atom stereocenters. The average molecular weight is 387 g/mol. The number of ether oxygens (including phenoxy) is 3. The number of para-hydroxylation sites is 1. The summed E-state index contributed by atoms with van der Waals surface area (Å²) in [7, 11) is 0. The zero-order valence-electron chi connectivity index (χ0n) is 17.5. The molecule has 0 fully saturated rings. The topological polar surface area (TPSA) is 74.2 Å². The standard InChI is InChI=1S/C22H29NO5/c1-7-26-21(24)18-15(5)23-16(6)19(22(25)27-8-2)17(18)12-28-20-13(3)10-9-11-14(20)4/h9-11,17-18H,7-8,12H2,1-6H3. The van der Waals surface area contributed by atoms with Gasteiger partial charge in [-0.05, 0) is 52.7 Å². The zero-order chi connectivity index (χ0) is 20.8. The highest BCUT2D eigenvalue weighted by atomic mass is 16.5. The van der Waals surface area contributed by atoms with E-state index in [2.05, 4.69) is 4.99 Å². The highest BCUT2D eigenvalue weighted by Crippen LogP contribution is 2.34. The number of aryl methyl sites for hydroxylation is 2. The first kappa shape index (κ1) is 21.7. The number of hydrogen-bond donors (Lipinski definition) is 0. The van der Waals surface area contributed by atoms with E-state index in [0.717, 1.165) is 16.9 Å². The van der Waals surface area contributed by atoms with E-state index in [-0.39, 0.29) is 19.8 Å². The minimum absolute atomic E-state index is 0.146.